The Morgan fingerprint density at radius 1 is 1.25 bits per heavy atom. The Hall–Kier alpha value is -0.230. The number of rotatable bonds is 4. The Morgan fingerprint density at radius 2 is 1.75 bits per heavy atom. The molecule has 92 valence electrons. The smallest absolute Gasteiger partial charge is 0.132 e. The number of halogens is 4. The van der Waals surface area contributed by atoms with Crippen LogP contribution in [0.3, 0.4) is 0 Å². The van der Waals surface area contributed by atoms with Gasteiger partial charge in [-0.3, -0.25) is 0 Å². The highest BCUT2D eigenvalue weighted by Crippen LogP contribution is 2.25. The normalized spacial score (nSPS) is 12.1. The van der Waals surface area contributed by atoms with Crippen molar-refractivity contribution in [3.63, 3.8) is 0 Å². The first-order chi connectivity index (χ1) is 7.06. The zero-order valence-corrected chi connectivity index (χ0v) is 11.0. The molecule has 0 spiro atoms. The van der Waals surface area contributed by atoms with Crippen LogP contribution in [0.25, 0.3) is 0 Å². The van der Waals surface area contributed by atoms with Crippen molar-refractivity contribution < 1.29 is 8.78 Å². The second-order valence-electron chi connectivity index (χ2n) is 3.32. The topological polar surface area (TPSA) is 52.0 Å². The van der Waals surface area contributed by atoms with Gasteiger partial charge in [-0.15, -0.1) is 12.4 Å². The molecule has 0 aromatic heterocycles. The second-order valence-corrected chi connectivity index (χ2v) is 4.24. The molecule has 0 radical (unpaired) electrons. The molecule has 1 rings (SSSR count). The molecule has 0 aliphatic rings. The Morgan fingerprint density at radius 3 is 2.19 bits per heavy atom. The molecular weight excluding hydrogens is 301 g/mol. The number of benzene rings is 1. The van der Waals surface area contributed by atoms with E-state index in [1.54, 1.807) is 0 Å². The van der Waals surface area contributed by atoms with Crippen molar-refractivity contribution in [2.24, 2.45) is 11.5 Å². The summed E-state index contributed by atoms with van der Waals surface area (Å²) in [4.78, 5) is 0. The van der Waals surface area contributed by atoms with Crippen LogP contribution in [0.1, 0.15) is 24.4 Å². The quantitative estimate of drug-likeness (QED) is 0.897. The first-order valence-electron chi connectivity index (χ1n) is 4.66. The molecule has 4 N–H and O–H groups in total. The lowest BCUT2D eigenvalue weighted by Gasteiger charge is -2.13. The molecule has 0 unspecified atom stereocenters. The van der Waals surface area contributed by atoms with Crippen molar-refractivity contribution in [1.29, 1.82) is 0 Å². The van der Waals surface area contributed by atoms with Gasteiger partial charge < -0.3 is 11.5 Å². The lowest BCUT2D eigenvalue weighted by molar-refractivity contribution is 0.505. The fraction of sp³-hybridized carbons (Fsp3) is 0.400. The van der Waals surface area contributed by atoms with Gasteiger partial charge in [-0.05, 0) is 31.5 Å². The first-order valence-corrected chi connectivity index (χ1v) is 5.45. The molecule has 1 atom stereocenters. The molecule has 0 saturated carbocycles. The maximum atomic E-state index is 13.4. The summed E-state index contributed by atoms with van der Waals surface area (Å²) in [5, 5.41) is 0. The minimum Gasteiger partial charge on any atom is -0.330 e. The van der Waals surface area contributed by atoms with Crippen LogP contribution in [-0.4, -0.2) is 6.54 Å². The minimum absolute atomic E-state index is 0. The van der Waals surface area contributed by atoms with Crippen LogP contribution in [0.15, 0.2) is 16.6 Å². The number of nitrogens with two attached hydrogens (primary N) is 2. The molecule has 0 aliphatic heterocycles. The van der Waals surface area contributed by atoms with E-state index in [-0.39, 0.29) is 18.0 Å². The Bertz CT molecular complexity index is 327. The summed E-state index contributed by atoms with van der Waals surface area (Å²) in [6, 6.07) is 1.78. The van der Waals surface area contributed by atoms with Gasteiger partial charge >= 0.3 is 0 Å². The minimum atomic E-state index is -0.637. The van der Waals surface area contributed by atoms with E-state index in [0.717, 1.165) is 0 Å². The molecule has 0 bridgehead atoms. The maximum Gasteiger partial charge on any atom is 0.132 e. The van der Waals surface area contributed by atoms with Crippen molar-refractivity contribution in [3.05, 3.63) is 33.8 Å². The molecular formula is C10H14BrClF2N2. The molecule has 16 heavy (non-hydrogen) atoms. The maximum absolute atomic E-state index is 13.4. The average Bonchev–Trinajstić information content (AvgIpc) is 2.12. The van der Waals surface area contributed by atoms with Gasteiger partial charge in [0.2, 0.25) is 0 Å². The fourth-order valence-electron chi connectivity index (χ4n) is 1.39. The largest absolute Gasteiger partial charge is 0.330 e. The zero-order chi connectivity index (χ0) is 11.4. The Labute approximate surface area is 108 Å². The van der Waals surface area contributed by atoms with E-state index in [4.69, 9.17) is 11.5 Å². The standard InChI is InChI=1S/C10H13BrF2N2.ClH/c11-6-4-7(12)10(8(13)5-6)9(15)2-1-3-14;/h4-5,9H,1-3,14-15H2;1H/t9-;/m0./s1. The third-order valence-corrected chi connectivity index (χ3v) is 2.59. The van der Waals surface area contributed by atoms with Gasteiger partial charge in [-0.25, -0.2) is 8.78 Å². The van der Waals surface area contributed by atoms with Gasteiger partial charge in [0, 0.05) is 16.1 Å². The van der Waals surface area contributed by atoms with E-state index in [2.05, 4.69) is 15.9 Å². The van der Waals surface area contributed by atoms with Gasteiger partial charge in [0.05, 0.1) is 0 Å². The molecule has 0 fully saturated rings. The number of hydrogen-bond donors (Lipinski definition) is 2. The van der Waals surface area contributed by atoms with Crippen molar-refractivity contribution >= 4 is 28.3 Å². The van der Waals surface area contributed by atoms with Gasteiger partial charge in [0.15, 0.2) is 0 Å². The highest BCUT2D eigenvalue weighted by molar-refractivity contribution is 9.10. The van der Waals surface area contributed by atoms with Crippen molar-refractivity contribution in [2.45, 2.75) is 18.9 Å². The summed E-state index contributed by atoms with van der Waals surface area (Å²) in [7, 11) is 0. The van der Waals surface area contributed by atoms with Gasteiger partial charge in [-0.1, -0.05) is 15.9 Å². The van der Waals surface area contributed by atoms with E-state index in [1.807, 2.05) is 0 Å². The summed E-state index contributed by atoms with van der Waals surface area (Å²) >= 11 is 3.01. The van der Waals surface area contributed by atoms with Crippen LogP contribution in [0.5, 0.6) is 0 Å². The third-order valence-electron chi connectivity index (χ3n) is 2.13. The third kappa shape index (κ3) is 3.97. The highest BCUT2D eigenvalue weighted by atomic mass is 79.9. The van der Waals surface area contributed by atoms with Crippen LogP contribution in [0, 0.1) is 11.6 Å². The molecule has 0 amide bonds. The van der Waals surface area contributed by atoms with Crippen molar-refractivity contribution in [3.8, 4) is 0 Å². The van der Waals surface area contributed by atoms with E-state index in [1.165, 1.54) is 12.1 Å². The fourth-order valence-corrected chi connectivity index (χ4v) is 1.79. The summed E-state index contributed by atoms with van der Waals surface area (Å²) in [6.07, 6.45) is 1.13. The number of hydrogen-bond acceptors (Lipinski definition) is 2. The zero-order valence-electron chi connectivity index (χ0n) is 8.55. The lowest BCUT2D eigenvalue weighted by Crippen LogP contribution is -2.16. The predicted molar refractivity (Wildman–Crippen MR) is 66.5 cm³/mol. The van der Waals surface area contributed by atoms with Crippen LogP contribution >= 0.6 is 28.3 Å². The van der Waals surface area contributed by atoms with Crippen LogP contribution < -0.4 is 11.5 Å². The molecule has 6 heteroatoms. The summed E-state index contributed by atoms with van der Waals surface area (Å²) in [6.45, 7) is 0.466. The van der Waals surface area contributed by atoms with Crippen LogP contribution in [0.4, 0.5) is 8.78 Å². The lowest BCUT2D eigenvalue weighted by atomic mass is 10.0. The first kappa shape index (κ1) is 15.8. The van der Waals surface area contributed by atoms with Gasteiger partial charge in [-0.2, -0.15) is 0 Å². The predicted octanol–water partition coefficient (Wildman–Crippen LogP) is 2.89. The monoisotopic (exact) mass is 314 g/mol. The van der Waals surface area contributed by atoms with E-state index in [0.29, 0.717) is 23.9 Å². The van der Waals surface area contributed by atoms with Crippen molar-refractivity contribution in [1.82, 2.24) is 0 Å². The molecule has 1 aromatic carbocycles. The van der Waals surface area contributed by atoms with Crippen molar-refractivity contribution in [2.75, 3.05) is 6.54 Å². The average molecular weight is 316 g/mol. The second kappa shape index (κ2) is 7.17. The Kier molecular flexibility index (Phi) is 7.06. The van der Waals surface area contributed by atoms with E-state index in [9.17, 15) is 8.78 Å². The molecule has 0 heterocycles. The van der Waals surface area contributed by atoms with Gasteiger partial charge in [0.25, 0.3) is 0 Å². The molecule has 1 aromatic rings. The summed E-state index contributed by atoms with van der Waals surface area (Å²) in [5.74, 6) is -1.24. The molecule has 0 aliphatic carbocycles. The molecule has 2 nitrogen and oxygen atoms in total. The van der Waals surface area contributed by atoms with E-state index >= 15 is 0 Å². The van der Waals surface area contributed by atoms with E-state index < -0.39 is 17.7 Å². The summed E-state index contributed by atoms with van der Waals surface area (Å²) in [5.41, 5.74) is 10.9. The highest BCUT2D eigenvalue weighted by Gasteiger charge is 2.16. The molecule has 0 saturated heterocycles. The van der Waals surface area contributed by atoms with Crippen LogP contribution in [-0.2, 0) is 0 Å². The SMILES string of the molecule is Cl.NCCC[C@H](N)c1c(F)cc(Br)cc1F. The Balaban J connectivity index is 0.00000225. The van der Waals surface area contributed by atoms with Crippen LogP contribution in [0.2, 0.25) is 0 Å². The summed E-state index contributed by atoms with van der Waals surface area (Å²) < 4.78 is 27.2. The van der Waals surface area contributed by atoms with Gasteiger partial charge in [0.1, 0.15) is 11.6 Å².